The van der Waals surface area contributed by atoms with Crippen LogP contribution >= 0.6 is 0 Å². The second kappa shape index (κ2) is 11.1. The number of fused-ring (bicyclic) bond motifs is 2. The molecule has 1 aromatic heterocycles. The van der Waals surface area contributed by atoms with E-state index < -0.39 is 0 Å². The summed E-state index contributed by atoms with van der Waals surface area (Å²) in [5.74, 6) is 1.33. The molecule has 0 bridgehead atoms. The fraction of sp³-hybridized carbons (Fsp3) is 0.206. The molecule has 1 N–H and O–H groups in total. The minimum absolute atomic E-state index is 0.00998. The molecule has 0 saturated carbocycles. The van der Waals surface area contributed by atoms with Crippen molar-refractivity contribution in [1.29, 1.82) is 0 Å². The molecule has 2 unspecified atom stereocenters. The Balaban J connectivity index is 1.35. The van der Waals surface area contributed by atoms with Crippen molar-refractivity contribution in [2.75, 3.05) is 6.79 Å². The highest BCUT2D eigenvalue weighted by atomic mass is 16.7. The lowest BCUT2D eigenvalue weighted by Gasteiger charge is -2.22. The number of nitrogens with one attached hydrogen (secondary N) is 1. The Labute approximate surface area is 229 Å². The first-order valence-corrected chi connectivity index (χ1v) is 13.5. The summed E-state index contributed by atoms with van der Waals surface area (Å²) in [4.78, 5) is 13.8. The Hall–Kier alpha value is -4.51. The highest BCUT2D eigenvalue weighted by Crippen LogP contribution is 2.40. The number of ether oxygens (including phenoxy) is 2. The molecule has 1 aliphatic rings. The lowest BCUT2D eigenvalue weighted by atomic mass is 9.87. The Morgan fingerprint density at radius 2 is 1.56 bits per heavy atom. The van der Waals surface area contributed by atoms with Gasteiger partial charge in [0.05, 0.1) is 6.04 Å². The molecule has 1 amide bonds. The van der Waals surface area contributed by atoms with Crippen molar-refractivity contribution < 1.29 is 14.3 Å². The molecule has 5 nitrogen and oxygen atoms in total. The van der Waals surface area contributed by atoms with Crippen LogP contribution < -0.4 is 14.8 Å². The van der Waals surface area contributed by atoms with Crippen LogP contribution in [0.15, 0.2) is 109 Å². The van der Waals surface area contributed by atoms with Gasteiger partial charge < -0.3 is 19.4 Å². The van der Waals surface area contributed by atoms with Crippen molar-refractivity contribution in [2.45, 2.75) is 38.3 Å². The van der Waals surface area contributed by atoms with Gasteiger partial charge in [0.25, 0.3) is 0 Å². The third kappa shape index (κ3) is 5.26. The Bertz CT molecular complexity index is 1580. The predicted octanol–water partition coefficient (Wildman–Crippen LogP) is 7.01. The number of aryl methyl sites for hydroxylation is 1. The van der Waals surface area contributed by atoms with E-state index in [9.17, 15) is 4.79 Å². The third-order valence-electron chi connectivity index (χ3n) is 7.54. The molecule has 0 saturated heterocycles. The number of carbonyl (C=O) groups is 1. The van der Waals surface area contributed by atoms with E-state index in [0.29, 0.717) is 6.42 Å². The summed E-state index contributed by atoms with van der Waals surface area (Å²) in [5, 5.41) is 4.54. The predicted molar refractivity (Wildman–Crippen MR) is 154 cm³/mol. The zero-order valence-corrected chi connectivity index (χ0v) is 22.0. The smallest absolute Gasteiger partial charge is 0.231 e. The van der Waals surface area contributed by atoms with Crippen molar-refractivity contribution in [2.24, 2.45) is 0 Å². The third-order valence-corrected chi connectivity index (χ3v) is 7.54. The molecule has 0 spiro atoms. The first kappa shape index (κ1) is 24.8. The van der Waals surface area contributed by atoms with Crippen molar-refractivity contribution in [3.8, 4) is 11.5 Å². The summed E-state index contributed by atoms with van der Waals surface area (Å²) in [6.07, 6.45) is 3.24. The molecule has 0 fully saturated rings. The van der Waals surface area contributed by atoms with E-state index in [1.807, 2.05) is 48.5 Å². The minimum atomic E-state index is -0.148. The van der Waals surface area contributed by atoms with Gasteiger partial charge in [0.15, 0.2) is 11.5 Å². The van der Waals surface area contributed by atoms with Gasteiger partial charge in [0.1, 0.15) is 0 Å². The van der Waals surface area contributed by atoms with Crippen molar-refractivity contribution in [3.05, 3.63) is 132 Å². The zero-order chi connectivity index (χ0) is 26.6. The second-order valence-electron chi connectivity index (χ2n) is 9.98. The number of hydrogen-bond acceptors (Lipinski definition) is 3. The molecule has 6 rings (SSSR count). The summed E-state index contributed by atoms with van der Waals surface area (Å²) >= 11 is 0. The Morgan fingerprint density at radius 1 is 0.846 bits per heavy atom. The fourth-order valence-corrected chi connectivity index (χ4v) is 5.58. The molecule has 4 aromatic carbocycles. The summed E-state index contributed by atoms with van der Waals surface area (Å²) in [7, 11) is 0. The minimum Gasteiger partial charge on any atom is -0.454 e. The highest BCUT2D eigenvalue weighted by Gasteiger charge is 2.26. The molecule has 0 aliphatic carbocycles. The maximum absolute atomic E-state index is 13.8. The van der Waals surface area contributed by atoms with E-state index >= 15 is 0 Å². The first-order valence-electron chi connectivity index (χ1n) is 13.5. The number of amides is 1. The van der Waals surface area contributed by atoms with Crippen LogP contribution in [0.25, 0.3) is 10.9 Å². The molecule has 5 heteroatoms. The lowest BCUT2D eigenvalue weighted by molar-refractivity contribution is -0.122. The Morgan fingerprint density at radius 3 is 2.36 bits per heavy atom. The van der Waals surface area contributed by atoms with Crippen LogP contribution in [0.3, 0.4) is 0 Å². The molecule has 1 aliphatic heterocycles. The molecule has 2 heterocycles. The molecular weight excluding hydrogens is 484 g/mol. The largest absolute Gasteiger partial charge is 0.454 e. The van der Waals surface area contributed by atoms with E-state index in [1.165, 1.54) is 16.5 Å². The topological polar surface area (TPSA) is 52.5 Å². The summed E-state index contributed by atoms with van der Waals surface area (Å²) in [6.45, 7) is 3.22. The summed E-state index contributed by atoms with van der Waals surface area (Å²) in [6, 6.07) is 34.8. The van der Waals surface area contributed by atoms with Crippen LogP contribution in [0.5, 0.6) is 11.5 Å². The van der Waals surface area contributed by atoms with E-state index in [2.05, 4.69) is 77.6 Å². The standard InChI is InChI=1S/C34H32N2O3/c1-2-36-22-29(27-15-9-10-16-31(27)36)28(26-17-18-32-33(20-26)39-23-38-32)21-34(37)35-30(25-13-7-4-8-14-25)19-24-11-5-3-6-12-24/h3-18,20,22,28,30H,2,19,21,23H2,1H3,(H,35,37). The monoisotopic (exact) mass is 516 g/mol. The summed E-state index contributed by atoms with van der Waals surface area (Å²) < 4.78 is 13.5. The second-order valence-corrected chi connectivity index (χ2v) is 9.98. The normalized spacial score (nSPS) is 13.8. The lowest BCUT2D eigenvalue weighted by Crippen LogP contribution is -2.31. The van der Waals surface area contributed by atoms with Crippen LogP contribution in [0, 0.1) is 0 Å². The van der Waals surface area contributed by atoms with E-state index in [-0.39, 0.29) is 24.7 Å². The van der Waals surface area contributed by atoms with Gasteiger partial charge >= 0.3 is 0 Å². The zero-order valence-electron chi connectivity index (χ0n) is 22.0. The number of rotatable bonds is 9. The maximum Gasteiger partial charge on any atom is 0.231 e. The molecule has 39 heavy (non-hydrogen) atoms. The highest BCUT2D eigenvalue weighted by molar-refractivity contribution is 5.87. The quantitative estimate of drug-likeness (QED) is 0.229. The number of para-hydroxylation sites is 1. The molecule has 2 atom stereocenters. The van der Waals surface area contributed by atoms with E-state index in [0.717, 1.165) is 41.2 Å². The number of benzene rings is 4. The molecular formula is C34H32N2O3. The van der Waals surface area contributed by atoms with E-state index in [4.69, 9.17) is 9.47 Å². The van der Waals surface area contributed by atoms with Crippen LogP contribution in [-0.2, 0) is 17.8 Å². The van der Waals surface area contributed by atoms with Crippen molar-refractivity contribution in [3.63, 3.8) is 0 Å². The van der Waals surface area contributed by atoms with Crippen LogP contribution in [-0.4, -0.2) is 17.3 Å². The van der Waals surface area contributed by atoms with Gasteiger partial charge in [-0.2, -0.15) is 0 Å². The van der Waals surface area contributed by atoms with Gasteiger partial charge in [0.2, 0.25) is 12.7 Å². The first-order chi connectivity index (χ1) is 19.2. The summed E-state index contributed by atoms with van der Waals surface area (Å²) in [5.41, 5.74) is 5.63. The van der Waals surface area contributed by atoms with Gasteiger partial charge in [-0.25, -0.2) is 0 Å². The average Bonchev–Trinajstić information content (AvgIpc) is 3.61. The number of aromatic nitrogens is 1. The van der Waals surface area contributed by atoms with Crippen molar-refractivity contribution >= 4 is 16.8 Å². The fourth-order valence-electron chi connectivity index (χ4n) is 5.58. The van der Waals surface area contributed by atoms with Gasteiger partial charge in [-0.1, -0.05) is 84.9 Å². The van der Waals surface area contributed by atoms with Gasteiger partial charge in [0, 0.05) is 36.0 Å². The van der Waals surface area contributed by atoms with Crippen molar-refractivity contribution in [1.82, 2.24) is 9.88 Å². The molecule has 5 aromatic rings. The van der Waals surface area contributed by atoms with Crippen LogP contribution in [0.4, 0.5) is 0 Å². The molecule has 0 radical (unpaired) electrons. The van der Waals surface area contributed by atoms with Gasteiger partial charge in [-0.15, -0.1) is 0 Å². The van der Waals surface area contributed by atoms with Crippen LogP contribution in [0.2, 0.25) is 0 Å². The average molecular weight is 517 g/mol. The van der Waals surface area contributed by atoms with Gasteiger partial charge in [-0.3, -0.25) is 4.79 Å². The number of nitrogens with zero attached hydrogens (tertiary/aromatic N) is 1. The van der Waals surface area contributed by atoms with Crippen LogP contribution in [0.1, 0.15) is 47.6 Å². The number of carbonyl (C=O) groups excluding carboxylic acids is 1. The maximum atomic E-state index is 13.8. The van der Waals surface area contributed by atoms with Gasteiger partial charge in [-0.05, 0) is 53.8 Å². The number of hydrogen-bond donors (Lipinski definition) is 1. The Kier molecular flexibility index (Phi) is 7.05. The SMILES string of the molecule is CCn1cc(C(CC(=O)NC(Cc2ccccc2)c2ccccc2)c2ccc3c(c2)OCO3)c2ccccc21. The molecule has 196 valence electrons. The van der Waals surface area contributed by atoms with E-state index in [1.54, 1.807) is 0 Å².